The van der Waals surface area contributed by atoms with Crippen LogP contribution in [-0.2, 0) is 32.6 Å². The molecule has 0 saturated carbocycles. The van der Waals surface area contributed by atoms with E-state index < -0.39 is 45.8 Å². The first-order valence-corrected chi connectivity index (χ1v) is 14.5. The number of hydrogen-bond donors (Lipinski definition) is 1. The summed E-state index contributed by atoms with van der Waals surface area (Å²) in [4.78, 5) is 28.9. The minimum absolute atomic E-state index is 0.159. The average molecular weight is 554 g/mol. The lowest BCUT2D eigenvalue weighted by Crippen LogP contribution is -2.56. The summed E-state index contributed by atoms with van der Waals surface area (Å²) < 4.78 is 41.4. The predicted octanol–water partition coefficient (Wildman–Crippen LogP) is 4.45. The number of carbonyl (C=O) groups is 2. The first-order chi connectivity index (χ1) is 18.2. The third kappa shape index (κ3) is 8.64. The van der Waals surface area contributed by atoms with Crippen molar-refractivity contribution in [3.63, 3.8) is 0 Å². The third-order valence-electron chi connectivity index (χ3n) is 6.04. The molecule has 2 amide bonds. The normalized spacial score (nSPS) is 12.5. The number of halogens is 1. The van der Waals surface area contributed by atoms with Gasteiger partial charge in [-0.15, -0.1) is 0 Å². The summed E-state index contributed by atoms with van der Waals surface area (Å²) in [5.41, 5.74) is 1.57. The van der Waals surface area contributed by atoms with Crippen LogP contribution in [0, 0.1) is 12.7 Å². The molecule has 1 N–H and O–H groups in total. The Kier molecular flexibility index (Phi) is 9.50. The highest BCUT2D eigenvalue weighted by Crippen LogP contribution is 2.22. The van der Waals surface area contributed by atoms with Crippen LogP contribution in [0.1, 0.15) is 37.5 Å². The van der Waals surface area contributed by atoms with Crippen molar-refractivity contribution in [2.75, 3.05) is 17.1 Å². The van der Waals surface area contributed by atoms with E-state index in [0.717, 1.165) is 21.7 Å². The van der Waals surface area contributed by atoms with Crippen molar-refractivity contribution in [1.29, 1.82) is 0 Å². The molecule has 0 bridgehead atoms. The van der Waals surface area contributed by atoms with Crippen molar-refractivity contribution in [2.45, 2.75) is 52.2 Å². The van der Waals surface area contributed by atoms with Crippen LogP contribution in [0.5, 0.6) is 0 Å². The molecule has 0 fully saturated rings. The van der Waals surface area contributed by atoms with Crippen LogP contribution in [0.4, 0.5) is 10.1 Å². The number of sulfonamides is 1. The lowest BCUT2D eigenvalue weighted by atomic mass is 10.0. The van der Waals surface area contributed by atoms with Crippen molar-refractivity contribution < 1.29 is 22.4 Å². The minimum atomic E-state index is -3.87. The summed E-state index contributed by atoms with van der Waals surface area (Å²) in [5, 5.41) is 2.94. The Morgan fingerprint density at radius 3 is 2.18 bits per heavy atom. The van der Waals surface area contributed by atoms with Gasteiger partial charge in [-0.3, -0.25) is 13.9 Å². The van der Waals surface area contributed by atoms with E-state index in [2.05, 4.69) is 5.32 Å². The standard InChI is InChI=1S/C30H36FN3O4S/c1-22-12-11-16-25(18-22)34(39(5,37)38)21-28(35)33(20-24-15-9-10-17-26(24)31)27(29(36)32-30(2,3)4)19-23-13-7-6-8-14-23/h6-18,27H,19-21H2,1-5H3,(H,32,36)/t27-/m1/s1. The van der Waals surface area contributed by atoms with Crippen LogP contribution >= 0.6 is 0 Å². The number of nitrogens with zero attached hydrogens (tertiary/aromatic N) is 2. The second-order valence-electron chi connectivity index (χ2n) is 10.7. The van der Waals surface area contributed by atoms with Gasteiger partial charge in [0.25, 0.3) is 0 Å². The van der Waals surface area contributed by atoms with Crippen LogP contribution in [0.25, 0.3) is 0 Å². The van der Waals surface area contributed by atoms with Crippen LogP contribution in [0.15, 0.2) is 78.9 Å². The molecule has 208 valence electrons. The second kappa shape index (κ2) is 12.4. The van der Waals surface area contributed by atoms with Gasteiger partial charge in [0.05, 0.1) is 11.9 Å². The lowest BCUT2D eigenvalue weighted by molar-refractivity contribution is -0.140. The zero-order valence-corrected chi connectivity index (χ0v) is 23.8. The highest BCUT2D eigenvalue weighted by Gasteiger charge is 2.34. The molecule has 0 aliphatic heterocycles. The fraction of sp³-hybridized carbons (Fsp3) is 0.333. The molecule has 3 aromatic carbocycles. The van der Waals surface area contributed by atoms with Crippen LogP contribution in [0.2, 0.25) is 0 Å². The second-order valence-corrected chi connectivity index (χ2v) is 12.6. The molecular formula is C30H36FN3O4S. The maximum absolute atomic E-state index is 14.8. The highest BCUT2D eigenvalue weighted by atomic mass is 32.2. The molecule has 0 unspecified atom stereocenters. The Balaban J connectivity index is 2.09. The van der Waals surface area contributed by atoms with Gasteiger partial charge in [0.2, 0.25) is 21.8 Å². The number of benzene rings is 3. The monoisotopic (exact) mass is 553 g/mol. The fourth-order valence-electron chi connectivity index (χ4n) is 4.21. The summed E-state index contributed by atoms with van der Waals surface area (Å²) in [6, 6.07) is 21.0. The number of amides is 2. The smallest absolute Gasteiger partial charge is 0.244 e. The molecule has 39 heavy (non-hydrogen) atoms. The molecule has 9 heteroatoms. The molecule has 0 saturated heterocycles. The Labute approximate surface area is 230 Å². The molecule has 0 aromatic heterocycles. The first-order valence-electron chi connectivity index (χ1n) is 12.7. The van der Waals surface area contributed by atoms with E-state index in [0.29, 0.717) is 5.69 Å². The van der Waals surface area contributed by atoms with E-state index in [9.17, 15) is 22.4 Å². The summed E-state index contributed by atoms with van der Waals surface area (Å²) in [6.45, 7) is 6.55. The topological polar surface area (TPSA) is 86.8 Å². The van der Waals surface area contributed by atoms with Gasteiger partial charge in [-0.05, 0) is 57.0 Å². The van der Waals surface area contributed by atoms with Gasteiger partial charge < -0.3 is 10.2 Å². The van der Waals surface area contributed by atoms with E-state index in [1.807, 2.05) is 64.1 Å². The van der Waals surface area contributed by atoms with Gasteiger partial charge in [0.1, 0.15) is 18.4 Å². The van der Waals surface area contributed by atoms with Crippen molar-refractivity contribution in [2.24, 2.45) is 0 Å². The molecule has 0 spiro atoms. The molecule has 3 aromatic rings. The Morgan fingerprint density at radius 2 is 1.59 bits per heavy atom. The quantitative estimate of drug-likeness (QED) is 0.402. The van der Waals surface area contributed by atoms with E-state index in [-0.39, 0.29) is 18.5 Å². The summed E-state index contributed by atoms with van der Waals surface area (Å²) in [7, 11) is -3.87. The maximum Gasteiger partial charge on any atom is 0.244 e. The van der Waals surface area contributed by atoms with Gasteiger partial charge in [-0.1, -0.05) is 60.7 Å². The van der Waals surface area contributed by atoms with E-state index in [4.69, 9.17) is 0 Å². The third-order valence-corrected chi connectivity index (χ3v) is 7.18. The fourth-order valence-corrected chi connectivity index (χ4v) is 5.06. The molecule has 0 aliphatic carbocycles. The summed E-state index contributed by atoms with van der Waals surface area (Å²) in [5.74, 6) is -1.57. The van der Waals surface area contributed by atoms with Crippen LogP contribution < -0.4 is 9.62 Å². The largest absolute Gasteiger partial charge is 0.350 e. The number of rotatable bonds is 10. The summed E-state index contributed by atoms with van der Waals surface area (Å²) >= 11 is 0. The van der Waals surface area contributed by atoms with Gasteiger partial charge in [0.15, 0.2) is 0 Å². The molecule has 7 nitrogen and oxygen atoms in total. The SMILES string of the molecule is Cc1cccc(N(CC(=O)N(Cc2ccccc2F)[C@H](Cc2ccccc2)C(=O)NC(C)(C)C)S(C)(=O)=O)c1. The number of hydrogen-bond acceptors (Lipinski definition) is 4. The van der Waals surface area contributed by atoms with E-state index in [1.165, 1.54) is 11.0 Å². The van der Waals surface area contributed by atoms with E-state index in [1.54, 1.807) is 36.4 Å². The molecule has 1 atom stereocenters. The van der Waals surface area contributed by atoms with Gasteiger partial charge in [0, 0.05) is 24.1 Å². The van der Waals surface area contributed by atoms with Crippen LogP contribution in [0.3, 0.4) is 0 Å². The molecule has 0 heterocycles. The lowest BCUT2D eigenvalue weighted by Gasteiger charge is -2.35. The Morgan fingerprint density at radius 1 is 0.949 bits per heavy atom. The van der Waals surface area contributed by atoms with Crippen molar-refractivity contribution in [1.82, 2.24) is 10.2 Å². The zero-order valence-electron chi connectivity index (χ0n) is 23.0. The van der Waals surface area contributed by atoms with Gasteiger partial charge in [-0.2, -0.15) is 0 Å². The number of nitrogens with one attached hydrogen (secondary N) is 1. The average Bonchev–Trinajstić information content (AvgIpc) is 2.84. The summed E-state index contributed by atoms with van der Waals surface area (Å²) in [6.07, 6.45) is 1.18. The first kappa shape index (κ1) is 29.8. The van der Waals surface area contributed by atoms with Gasteiger partial charge in [-0.25, -0.2) is 12.8 Å². The highest BCUT2D eigenvalue weighted by molar-refractivity contribution is 7.92. The Bertz CT molecular complexity index is 1400. The van der Waals surface area contributed by atoms with Crippen molar-refractivity contribution in [3.05, 3.63) is 101 Å². The number of anilines is 1. The maximum atomic E-state index is 14.8. The van der Waals surface area contributed by atoms with Crippen LogP contribution in [-0.4, -0.2) is 49.5 Å². The minimum Gasteiger partial charge on any atom is -0.350 e. The molecule has 0 aliphatic rings. The molecule has 3 rings (SSSR count). The zero-order chi connectivity index (χ0) is 28.8. The van der Waals surface area contributed by atoms with Crippen molar-refractivity contribution in [3.8, 4) is 0 Å². The number of aryl methyl sites for hydroxylation is 1. The molecular weight excluding hydrogens is 517 g/mol. The molecule has 0 radical (unpaired) electrons. The van der Waals surface area contributed by atoms with E-state index >= 15 is 0 Å². The number of carbonyl (C=O) groups excluding carboxylic acids is 2. The van der Waals surface area contributed by atoms with Crippen molar-refractivity contribution >= 4 is 27.5 Å². The van der Waals surface area contributed by atoms with Gasteiger partial charge >= 0.3 is 0 Å². The predicted molar refractivity (Wildman–Crippen MR) is 152 cm³/mol. The Hall–Kier alpha value is -3.72.